The molecule has 7 heteroatoms. The van der Waals surface area contributed by atoms with E-state index in [2.05, 4.69) is 5.32 Å². The third-order valence-corrected chi connectivity index (χ3v) is 3.34. The molecule has 1 amide bonds. The fourth-order valence-electron chi connectivity index (χ4n) is 2.31. The van der Waals surface area contributed by atoms with Gasteiger partial charge in [-0.1, -0.05) is 0 Å². The fourth-order valence-corrected chi connectivity index (χ4v) is 2.31. The van der Waals surface area contributed by atoms with Crippen LogP contribution in [-0.4, -0.2) is 58.3 Å². The van der Waals surface area contributed by atoms with Gasteiger partial charge in [-0.3, -0.25) is 4.79 Å². The molecule has 1 saturated heterocycles. The van der Waals surface area contributed by atoms with Gasteiger partial charge in [0.1, 0.15) is 0 Å². The van der Waals surface area contributed by atoms with Crippen molar-refractivity contribution < 1.29 is 19.0 Å². The zero-order valence-electron chi connectivity index (χ0n) is 12.5. The minimum atomic E-state index is -0.0516. The molecule has 0 saturated carbocycles. The van der Waals surface area contributed by atoms with Gasteiger partial charge < -0.3 is 24.4 Å². The quantitative estimate of drug-likeness (QED) is 0.904. The number of ether oxygens (including phenoxy) is 3. The van der Waals surface area contributed by atoms with Crippen LogP contribution in [-0.2, 0) is 0 Å². The molecule has 2 rings (SSSR count). The van der Waals surface area contributed by atoms with Crippen molar-refractivity contribution in [3.63, 3.8) is 0 Å². The lowest BCUT2D eigenvalue weighted by Gasteiger charge is -2.28. The Kier molecular flexibility index (Phi) is 6.58. The van der Waals surface area contributed by atoms with E-state index in [-0.39, 0.29) is 18.3 Å². The number of piperazine rings is 1. The smallest absolute Gasteiger partial charge is 0.257 e. The average molecular weight is 317 g/mol. The van der Waals surface area contributed by atoms with Crippen molar-refractivity contribution >= 4 is 18.3 Å². The zero-order valence-corrected chi connectivity index (χ0v) is 13.3. The summed E-state index contributed by atoms with van der Waals surface area (Å²) in [7, 11) is 4.60. The van der Waals surface area contributed by atoms with Gasteiger partial charge in [-0.05, 0) is 12.1 Å². The van der Waals surface area contributed by atoms with E-state index in [1.165, 1.54) is 14.2 Å². The Balaban J connectivity index is 0.00000220. The average Bonchev–Trinajstić information content (AvgIpc) is 2.53. The van der Waals surface area contributed by atoms with Crippen molar-refractivity contribution in [3.8, 4) is 17.2 Å². The number of hydrogen-bond donors (Lipinski definition) is 1. The maximum atomic E-state index is 12.6. The van der Waals surface area contributed by atoms with Crippen LogP contribution < -0.4 is 19.5 Å². The first kappa shape index (κ1) is 17.4. The van der Waals surface area contributed by atoms with Gasteiger partial charge in [0.15, 0.2) is 11.5 Å². The molecular formula is C14H21ClN2O4. The van der Waals surface area contributed by atoms with Crippen molar-refractivity contribution in [2.75, 3.05) is 47.5 Å². The van der Waals surface area contributed by atoms with Crippen LogP contribution in [0.1, 0.15) is 10.4 Å². The molecule has 0 atom stereocenters. The second-order valence-electron chi connectivity index (χ2n) is 4.42. The van der Waals surface area contributed by atoms with Gasteiger partial charge in [-0.2, -0.15) is 0 Å². The molecule has 0 unspecified atom stereocenters. The largest absolute Gasteiger partial charge is 0.493 e. The Morgan fingerprint density at radius 2 is 1.67 bits per heavy atom. The molecule has 0 bridgehead atoms. The lowest BCUT2D eigenvalue weighted by molar-refractivity contribution is 0.0731. The highest BCUT2D eigenvalue weighted by molar-refractivity contribution is 5.98. The summed E-state index contributed by atoms with van der Waals surface area (Å²) in [6.07, 6.45) is 0. The predicted octanol–water partition coefficient (Wildman–Crippen LogP) is 1.18. The summed E-state index contributed by atoms with van der Waals surface area (Å²) in [5.74, 6) is 1.34. The molecular weight excluding hydrogens is 296 g/mol. The van der Waals surface area contributed by atoms with Crippen molar-refractivity contribution in [1.29, 1.82) is 0 Å². The Labute approximate surface area is 130 Å². The molecule has 1 aromatic carbocycles. The van der Waals surface area contributed by atoms with Crippen LogP contribution in [0.5, 0.6) is 17.2 Å². The van der Waals surface area contributed by atoms with Crippen molar-refractivity contribution in [3.05, 3.63) is 17.7 Å². The molecule has 1 N–H and O–H groups in total. The number of carbonyl (C=O) groups excluding carboxylic acids is 1. The Bertz CT molecular complexity index is 490. The van der Waals surface area contributed by atoms with Crippen LogP contribution in [0.15, 0.2) is 12.1 Å². The first-order valence-electron chi connectivity index (χ1n) is 6.52. The van der Waals surface area contributed by atoms with Crippen molar-refractivity contribution in [1.82, 2.24) is 10.2 Å². The summed E-state index contributed by atoms with van der Waals surface area (Å²) in [6.45, 7) is 3.00. The monoisotopic (exact) mass is 316 g/mol. The number of carbonyl (C=O) groups is 1. The van der Waals surface area contributed by atoms with Crippen LogP contribution in [0.25, 0.3) is 0 Å². The third-order valence-electron chi connectivity index (χ3n) is 3.34. The standard InChI is InChI=1S/C14H20N2O4.ClH/c1-18-11-5-4-10(12(19-2)13(11)20-3)14(17)16-8-6-15-7-9-16;/h4-5,15H,6-9H2,1-3H3;1H. The van der Waals surface area contributed by atoms with Crippen molar-refractivity contribution in [2.24, 2.45) is 0 Å². The van der Waals surface area contributed by atoms with E-state index in [0.29, 0.717) is 35.9 Å². The van der Waals surface area contributed by atoms with Crippen molar-refractivity contribution in [2.45, 2.75) is 0 Å². The maximum absolute atomic E-state index is 12.6. The minimum Gasteiger partial charge on any atom is -0.493 e. The topological polar surface area (TPSA) is 60.0 Å². The van der Waals surface area contributed by atoms with Crippen LogP contribution in [0, 0.1) is 0 Å². The van der Waals surface area contributed by atoms with E-state index in [9.17, 15) is 4.79 Å². The highest BCUT2D eigenvalue weighted by Gasteiger charge is 2.25. The van der Waals surface area contributed by atoms with Gasteiger partial charge in [-0.15, -0.1) is 12.4 Å². The molecule has 118 valence electrons. The number of amides is 1. The molecule has 1 fully saturated rings. The molecule has 0 aliphatic carbocycles. The number of nitrogens with zero attached hydrogens (tertiary/aromatic N) is 1. The predicted molar refractivity (Wildman–Crippen MR) is 82.1 cm³/mol. The molecule has 6 nitrogen and oxygen atoms in total. The molecule has 1 aliphatic heterocycles. The van der Waals surface area contributed by atoms with Gasteiger partial charge in [0.25, 0.3) is 5.91 Å². The Hall–Kier alpha value is -1.66. The van der Waals surface area contributed by atoms with E-state index in [1.54, 1.807) is 24.1 Å². The minimum absolute atomic E-state index is 0. The number of halogens is 1. The first-order valence-corrected chi connectivity index (χ1v) is 6.52. The SMILES string of the molecule is COc1ccc(C(=O)N2CCNCC2)c(OC)c1OC.Cl. The maximum Gasteiger partial charge on any atom is 0.257 e. The summed E-state index contributed by atoms with van der Waals surface area (Å²) < 4.78 is 15.9. The summed E-state index contributed by atoms with van der Waals surface area (Å²) in [6, 6.07) is 3.43. The lowest BCUT2D eigenvalue weighted by atomic mass is 10.1. The van der Waals surface area contributed by atoms with Gasteiger partial charge in [-0.25, -0.2) is 0 Å². The van der Waals surface area contributed by atoms with Gasteiger partial charge >= 0.3 is 0 Å². The normalized spacial score (nSPS) is 14.1. The van der Waals surface area contributed by atoms with E-state index in [1.807, 2.05) is 0 Å². The lowest BCUT2D eigenvalue weighted by Crippen LogP contribution is -2.46. The molecule has 1 heterocycles. The van der Waals surface area contributed by atoms with Gasteiger partial charge in [0, 0.05) is 26.2 Å². The van der Waals surface area contributed by atoms with E-state index < -0.39 is 0 Å². The molecule has 21 heavy (non-hydrogen) atoms. The Morgan fingerprint density at radius 1 is 1.05 bits per heavy atom. The second kappa shape index (κ2) is 7.95. The number of rotatable bonds is 4. The van der Waals surface area contributed by atoms with Gasteiger partial charge in [0.05, 0.1) is 26.9 Å². The number of hydrogen-bond acceptors (Lipinski definition) is 5. The van der Waals surface area contributed by atoms with E-state index in [0.717, 1.165) is 13.1 Å². The fraction of sp³-hybridized carbons (Fsp3) is 0.500. The second-order valence-corrected chi connectivity index (χ2v) is 4.42. The van der Waals surface area contributed by atoms with Crippen LogP contribution >= 0.6 is 12.4 Å². The number of methoxy groups -OCH3 is 3. The summed E-state index contributed by atoms with van der Waals surface area (Å²) in [5, 5.41) is 3.22. The zero-order chi connectivity index (χ0) is 14.5. The highest BCUT2D eigenvalue weighted by atomic mass is 35.5. The summed E-state index contributed by atoms with van der Waals surface area (Å²) in [4.78, 5) is 14.4. The number of nitrogens with one attached hydrogen (secondary N) is 1. The highest BCUT2D eigenvalue weighted by Crippen LogP contribution is 2.40. The molecule has 1 aromatic rings. The number of benzene rings is 1. The van der Waals surface area contributed by atoms with E-state index >= 15 is 0 Å². The Morgan fingerprint density at radius 3 is 2.19 bits per heavy atom. The molecule has 0 radical (unpaired) electrons. The third kappa shape index (κ3) is 3.51. The molecule has 0 aromatic heterocycles. The van der Waals surface area contributed by atoms with Crippen LogP contribution in [0.2, 0.25) is 0 Å². The summed E-state index contributed by atoms with van der Waals surface area (Å²) >= 11 is 0. The molecule has 0 spiro atoms. The molecule has 1 aliphatic rings. The van der Waals surface area contributed by atoms with Crippen LogP contribution in [0.3, 0.4) is 0 Å². The van der Waals surface area contributed by atoms with E-state index in [4.69, 9.17) is 14.2 Å². The van der Waals surface area contributed by atoms with Gasteiger partial charge in [0.2, 0.25) is 5.75 Å². The summed E-state index contributed by atoms with van der Waals surface area (Å²) in [5.41, 5.74) is 0.493. The van der Waals surface area contributed by atoms with Crippen LogP contribution in [0.4, 0.5) is 0 Å². The first-order chi connectivity index (χ1) is 9.72.